The first-order valence-electron chi connectivity index (χ1n) is 6.26. The third-order valence-electron chi connectivity index (χ3n) is 2.99. The first kappa shape index (κ1) is 13.0. The van der Waals surface area contributed by atoms with Gasteiger partial charge < -0.3 is 4.74 Å². The van der Waals surface area contributed by atoms with Crippen molar-refractivity contribution in [3.8, 4) is 11.8 Å². The smallest absolute Gasteiger partial charge is 0.119 e. The number of benzene rings is 1. The van der Waals surface area contributed by atoms with E-state index in [1.807, 2.05) is 48.2 Å². The first-order valence-corrected chi connectivity index (χ1v) is 7.30. The Labute approximate surface area is 113 Å². The molecule has 0 saturated heterocycles. The number of hydrogen-bond acceptors (Lipinski definition) is 3. The van der Waals surface area contributed by atoms with Crippen LogP contribution in [0.25, 0.3) is 0 Å². The molecule has 0 heterocycles. The van der Waals surface area contributed by atoms with E-state index in [9.17, 15) is 0 Å². The van der Waals surface area contributed by atoms with Crippen molar-refractivity contribution in [2.75, 3.05) is 5.75 Å². The van der Waals surface area contributed by atoms with Crippen LogP contribution in [0.15, 0.2) is 42.0 Å². The summed E-state index contributed by atoms with van der Waals surface area (Å²) in [6.07, 6.45) is 3.84. The Balaban J connectivity index is 2.06. The molecule has 0 saturated carbocycles. The standard InChI is InChI=1S/C15H17NOS/c1-2-18-15-10-12(11-16)8-9-14(15)17-13-6-4-3-5-7-13/h3-8,14-15H,2,9-10H2,1H3/t14-,15-/m1/s1. The molecule has 2 rings (SSSR count). The lowest BCUT2D eigenvalue weighted by Crippen LogP contribution is -2.32. The Morgan fingerprint density at radius 1 is 1.39 bits per heavy atom. The van der Waals surface area contributed by atoms with Gasteiger partial charge in [0.1, 0.15) is 11.9 Å². The van der Waals surface area contributed by atoms with Crippen molar-refractivity contribution in [3.05, 3.63) is 42.0 Å². The van der Waals surface area contributed by atoms with Crippen LogP contribution in [0.5, 0.6) is 5.75 Å². The van der Waals surface area contributed by atoms with Gasteiger partial charge in [0.25, 0.3) is 0 Å². The van der Waals surface area contributed by atoms with Crippen LogP contribution >= 0.6 is 11.8 Å². The summed E-state index contributed by atoms with van der Waals surface area (Å²) < 4.78 is 6.04. The number of rotatable bonds is 4. The number of nitriles is 1. The number of nitrogens with zero attached hydrogens (tertiary/aromatic N) is 1. The van der Waals surface area contributed by atoms with Crippen LogP contribution in [0.4, 0.5) is 0 Å². The summed E-state index contributed by atoms with van der Waals surface area (Å²) in [4.78, 5) is 0. The molecule has 0 radical (unpaired) electrons. The van der Waals surface area contributed by atoms with Crippen LogP contribution in [0.2, 0.25) is 0 Å². The molecule has 2 nitrogen and oxygen atoms in total. The van der Waals surface area contributed by atoms with E-state index in [2.05, 4.69) is 13.0 Å². The van der Waals surface area contributed by atoms with Crippen molar-refractivity contribution in [2.45, 2.75) is 31.1 Å². The molecule has 0 aromatic heterocycles. The molecule has 0 aliphatic heterocycles. The van der Waals surface area contributed by atoms with Crippen molar-refractivity contribution >= 4 is 11.8 Å². The van der Waals surface area contributed by atoms with E-state index in [1.165, 1.54) is 0 Å². The summed E-state index contributed by atoms with van der Waals surface area (Å²) >= 11 is 1.88. The maximum atomic E-state index is 8.98. The Hall–Kier alpha value is -1.40. The normalized spacial score (nSPS) is 23.0. The number of ether oxygens (including phenoxy) is 1. The minimum atomic E-state index is 0.175. The fourth-order valence-electron chi connectivity index (χ4n) is 2.11. The highest BCUT2D eigenvalue weighted by Gasteiger charge is 2.27. The zero-order chi connectivity index (χ0) is 12.8. The third kappa shape index (κ3) is 3.30. The maximum Gasteiger partial charge on any atom is 0.119 e. The van der Waals surface area contributed by atoms with Crippen LogP contribution in [0, 0.1) is 11.3 Å². The van der Waals surface area contributed by atoms with Gasteiger partial charge in [0.05, 0.1) is 6.07 Å². The van der Waals surface area contributed by atoms with E-state index < -0.39 is 0 Å². The highest BCUT2D eigenvalue weighted by atomic mass is 32.2. The summed E-state index contributed by atoms with van der Waals surface area (Å²) in [6, 6.07) is 12.2. The lowest BCUT2D eigenvalue weighted by Gasteiger charge is -2.29. The van der Waals surface area contributed by atoms with Gasteiger partial charge in [-0.1, -0.05) is 31.2 Å². The monoisotopic (exact) mass is 259 g/mol. The Bertz CT molecular complexity index is 449. The molecular formula is C15H17NOS. The summed E-state index contributed by atoms with van der Waals surface area (Å²) in [5.41, 5.74) is 0.897. The second kappa shape index (κ2) is 6.51. The quantitative estimate of drug-likeness (QED) is 0.824. The fourth-order valence-corrected chi connectivity index (χ4v) is 3.22. The average Bonchev–Trinajstić information content (AvgIpc) is 2.42. The molecule has 18 heavy (non-hydrogen) atoms. The van der Waals surface area contributed by atoms with Crippen molar-refractivity contribution in [2.24, 2.45) is 0 Å². The second-order valence-electron chi connectivity index (χ2n) is 4.24. The van der Waals surface area contributed by atoms with Gasteiger partial charge in [-0.25, -0.2) is 0 Å². The first-order chi connectivity index (χ1) is 8.83. The SMILES string of the molecule is CCS[C@@H]1CC(C#N)=CC[C@H]1Oc1ccccc1. The lowest BCUT2D eigenvalue weighted by atomic mass is 9.97. The molecule has 1 aromatic rings. The molecule has 3 heteroatoms. The van der Waals surface area contributed by atoms with Gasteiger partial charge in [0, 0.05) is 17.2 Å². The molecule has 0 fully saturated rings. The Morgan fingerprint density at radius 2 is 2.17 bits per heavy atom. The Morgan fingerprint density at radius 3 is 2.83 bits per heavy atom. The highest BCUT2D eigenvalue weighted by molar-refractivity contribution is 7.99. The highest BCUT2D eigenvalue weighted by Crippen LogP contribution is 2.31. The number of allylic oxidation sites excluding steroid dienone is 1. The summed E-state index contributed by atoms with van der Waals surface area (Å²) in [7, 11) is 0. The van der Waals surface area contributed by atoms with Crippen LogP contribution in [0.3, 0.4) is 0 Å². The van der Waals surface area contributed by atoms with Crippen molar-refractivity contribution in [1.29, 1.82) is 5.26 Å². The minimum absolute atomic E-state index is 0.175. The average molecular weight is 259 g/mol. The van der Waals surface area contributed by atoms with E-state index >= 15 is 0 Å². The summed E-state index contributed by atoms with van der Waals surface area (Å²) in [6.45, 7) is 2.15. The predicted molar refractivity (Wildman–Crippen MR) is 75.7 cm³/mol. The van der Waals surface area contributed by atoms with Crippen LogP contribution in [-0.4, -0.2) is 17.1 Å². The van der Waals surface area contributed by atoms with E-state index in [1.54, 1.807) is 0 Å². The van der Waals surface area contributed by atoms with Crippen LogP contribution < -0.4 is 4.74 Å². The van der Waals surface area contributed by atoms with Gasteiger partial charge in [-0.3, -0.25) is 0 Å². The van der Waals surface area contributed by atoms with E-state index in [-0.39, 0.29) is 6.10 Å². The van der Waals surface area contributed by atoms with Gasteiger partial charge in [-0.15, -0.1) is 0 Å². The topological polar surface area (TPSA) is 33.0 Å². The molecule has 0 amide bonds. The number of thioether (sulfide) groups is 1. The van der Waals surface area contributed by atoms with E-state index in [0.717, 1.165) is 29.9 Å². The largest absolute Gasteiger partial charge is 0.489 e. The number of para-hydroxylation sites is 1. The fraction of sp³-hybridized carbons (Fsp3) is 0.400. The van der Waals surface area contributed by atoms with Gasteiger partial charge in [-0.2, -0.15) is 17.0 Å². The molecule has 2 atom stereocenters. The summed E-state index contributed by atoms with van der Waals surface area (Å²) in [5, 5.41) is 9.37. The molecule has 1 aliphatic carbocycles. The zero-order valence-electron chi connectivity index (χ0n) is 10.5. The maximum absolute atomic E-state index is 8.98. The van der Waals surface area contributed by atoms with Crippen molar-refractivity contribution in [1.82, 2.24) is 0 Å². The van der Waals surface area contributed by atoms with E-state index in [4.69, 9.17) is 10.00 Å². The molecule has 0 spiro atoms. The van der Waals surface area contributed by atoms with Gasteiger partial charge in [0.2, 0.25) is 0 Å². The van der Waals surface area contributed by atoms with Crippen molar-refractivity contribution in [3.63, 3.8) is 0 Å². The minimum Gasteiger partial charge on any atom is -0.489 e. The van der Waals surface area contributed by atoms with E-state index in [0.29, 0.717) is 5.25 Å². The van der Waals surface area contributed by atoms with Gasteiger partial charge >= 0.3 is 0 Å². The van der Waals surface area contributed by atoms with Gasteiger partial charge in [0.15, 0.2) is 0 Å². The molecule has 94 valence electrons. The zero-order valence-corrected chi connectivity index (χ0v) is 11.3. The van der Waals surface area contributed by atoms with Gasteiger partial charge in [-0.05, 0) is 24.3 Å². The predicted octanol–water partition coefficient (Wildman–Crippen LogP) is 3.80. The van der Waals surface area contributed by atoms with Crippen LogP contribution in [0.1, 0.15) is 19.8 Å². The molecule has 1 aromatic carbocycles. The molecule has 1 aliphatic rings. The summed E-state index contributed by atoms with van der Waals surface area (Å²) in [5.74, 6) is 1.97. The van der Waals surface area contributed by atoms with Crippen LogP contribution in [-0.2, 0) is 0 Å². The molecule has 0 N–H and O–H groups in total. The number of hydrogen-bond donors (Lipinski definition) is 0. The third-order valence-corrected chi connectivity index (χ3v) is 4.22. The molecule has 0 unspecified atom stereocenters. The lowest BCUT2D eigenvalue weighted by molar-refractivity contribution is 0.196. The second-order valence-corrected chi connectivity index (χ2v) is 5.76. The van der Waals surface area contributed by atoms with Crippen molar-refractivity contribution < 1.29 is 4.74 Å². The Kier molecular flexibility index (Phi) is 4.72. The molecule has 0 bridgehead atoms. The molecular weight excluding hydrogens is 242 g/mol.